The standard InChI is InChI=1S/C5H12N2O3S/c8-11(9,10)7-4-1-2-6-3-5-7/h6H,1-5H2,(H,8,9,10). The lowest BCUT2D eigenvalue weighted by Gasteiger charge is -2.13. The smallest absolute Gasteiger partial charge is 0.315 e. The van der Waals surface area contributed by atoms with Crippen LogP contribution in [0.15, 0.2) is 0 Å². The molecule has 1 aliphatic rings. The van der Waals surface area contributed by atoms with Crippen molar-refractivity contribution < 1.29 is 13.0 Å². The summed E-state index contributed by atoms with van der Waals surface area (Å²) in [6.07, 6.45) is 0.750. The molecule has 0 atom stereocenters. The van der Waals surface area contributed by atoms with Crippen LogP contribution in [0.25, 0.3) is 0 Å². The van der Waals surface area contributed by atoms with Crippen molar-refractivity contribution in [1.82, 2.24) is 9.62 Å². The molecule has 1 fully saturated rings. The van der Waals surface area contributed by atoms with Crippen LogP contribution < -0.4 is 5.32 Å². The predicted octanol–water partition coefficient (Wildman–Crippen LogP) is -0.915. The van der Waals surface area contributed by atoms with E-state index in [0.29, 0.717) is 19.6 Å². The molecule has 1 rings (SSSR count). The minimum Gasteiger partial charge on any atom is -0.315 e. The molecule has 66 valence electrons. The van der Waals surface area contributed by atoms with Crippen molar-refractivity contribution in [2.24, 2.45) is 0 Å². The van der Waals surface area contributed by atoms with Gasteiger partial charge in [-0.05, 0) is 13.0 Å². The molecule has 0 unspecified atom stereocenters. The quantitative estimate of drug-likeness (QED) is 0.512. The Morgan fingerprint density at radius 1 is 1.27 bits per heavy atom. The van der Waals surface area contributed by atoms with Crippen LogP contribution in [0.2, 0.25) is 0 Å². The number of hydrogen-bond donors (Lipinski definition) is 2. The summed E-state index contributed by atoms with van der Waals surface area (Å²) in [5, 5.41) is 3.03. The molecule has 2 N–H and O–H groups in total. The van der Waals surface area contributed by atoms with Gasteiger partial charge in [0.15, 0.2) is 0 Å². The normalized spacial score (nSPS) is 23.0. The number of nitrogens with one attached hydrogen (secondary N) is 1. The molecule has 0 bridgehead atoms. The van der Waals surface area contributed by atoms with E-state index in [1.165, 1.54) is 0 Å². The molecule has 5 nitrogen and oxygen atoms in total. The monoisotopic (exact) mass is 180 g/mol. The summed E-state index contributed by atoms with van der Waals surface area (Å²) in [7, 11) is -3.96. The molecule has 1 saturated heterocycles. The molecule has 11 heavy (non-hydrogen) atoms. The van der Waals surface area contributed by atoms with Gasteiger partial charge in [-0.3, -0.25) is 4.55 Å². The first-order chi connectivity index (χ1) is 5.11. The van der Waals surface area contributed by atoms with Crippen molar-refractivity contribution in [2.45, 2.75) is 6.42 Å². The van der Waals surface area contributed by atoms with E-state index in [1.807, 2.05) is 0 Å². The Morgan fingerprint density at radius 2 is 2.00 bits per heavy atom. The molecule has 0 aliphatic carbocycles. The first kappa shape index (κ1) is 8.92. The van der Waals surface area contributed by atoms with Crippen molar-refractivity contribution in [3.05, 3.63) is 0 Å². The Balaban J connectivity index is 2.57. The van der Waals surface area contributed by atoms with Crippen LogP contribution in [0.4, 0.5) is 0 Å². The zero-order valence-electron chi connectivity index (χ0n) is 6.15. The summed E-state index contributed by atoms with van der Waals surface area (Å²) in [6.45, 7) is 2.19. The lowest BCUT2D eigenvalue weighted by molar-refractivity contribution is 0.363. The molecule has 0 aromatic rings. The SMILES string of the molecule is O=S(=O)(O)N1CCCNCC1. The highest BCUT2D eigenvalue weighted by Crippen LogP contribution is 2.00. The summed E-state index contributed by atoms with van der Waals surface area (Å²) in [4.78, 5) is 0. The highest BCUT2D eigenvalue weighted by atomic mass is 32.2. The Kier molecular flexibility index (Phi) is 2.83. The first-order valence-electron chi connectivity index (χ1n) is 3.54. The van der Waals surface area contributed by atoms with Crippen LogP contribution in [0, 0.1) is 0 Å². The molecule has 0 spiro atoms. The predicted molar refractivity (Wildman–Crippen MR) is 40.6 cm³/mol. The average Bonchev–Trinajstić information content (AvgIpc) is 2.10. The largest absolute Gasteiger partial charge is 0.335 e. The molecule has 0 saturated carbocycles. The van der Waals surface area contributed by atoms with Gasteiger partial charge in [0.05, 0.1) is 0 Å². The fourth-order valence-electron chi connectivity index (χ4n) is 1.05. The summed E-state index contributed by atoms with van der Waals surface area (Å²) >= 11 is 0. The second-order valence-corrected chi connectivity index (χ2v) is 3.89. The maximum absolute atomic E-state index is 10.6. The molecule has 0 radical (unpaired) electrons. The van der Waals surface area contributed by atoms with Gasteiger partial charge >= 0.3 is 10.3 Å². The molecule has 1 aliphatic heterocycles. The molecular weight excluding hydrogens is 168 g/mol. The van der Waals surface area contributed by atoms with Gasteiger partial charge in [-0.15, -0.1) is 0 Å². The topological polar surface area (TPSA) is 69.6 Å². The van der Waals surface area contributed by atoms with Crippen molar-refractivity contribution in [2.75, 3.05) is 26.2 Å². The van der Waals surface area contributed by atoms with E-state index in [1.54, 1.807) is 0 Å². The average molecular weight is 180 g/mol. The van der Waals surface area contributed by atoms with E-state index in [9.17, 15) is 8.42 Å². The van der Waals surface area contributed by atoms with E-state index in [2.05, 4.69) is 5.32 Å². The Hall–Kier alpha value is -0.170. The van der Waals surface area contributed by atoms with E-state index >= 15 is 0 Å². The van der Waals surface area contributed by atoms with Gasteiger partial charge in [-0.25, -0.2) is 0 Å². The van der Waals surface area contributed by atoms with E-state index in [4.69, 9.17) is 4.55 Å². The maximum atomic E-state index is 10.6. The fraction of sp³-hybridized carbons (Fsp3) is 1.00. The molecular formula is C5H12N2O3S. The Morgan fingerprint density at radius 3 is 2.64 bits per heavy atom. The molecule has 6 heteroatoms. The van der Waals surface area contributed by atoms with Gasteiger partial charge in [-0.2, -0.15) is 12.7 Å². The third kappa shape index (κ3) is 2.74. The highest BCUT2D eigenvalue weighted by molar-refractivity contribution is 7.83. The Labute approximate surface area is 66.3 Å². The van der Waals surface area contributed by atoms with Gasteiger partial charge in [0.1, 0.15) is 0 Å². The minimum atomic E-state index is -3.96. The van der Waals surface area contributed by atoms with Crippen LogP contribution >= 0.6 is 0 Å². The van der Waals surface area contributed by atoms with Crippen LogP contribution in [-0.4, -0.2) is 43.5 Å². The number of rotatable bonds is 1. The fourth-order valence-corrected chi connectivity index (χ4v) is 1.73. The molecule has 0 aromatic carbocycles. The first-order valence-corrected chi connectivity index (χ1v) is 4.94. The maximum Gasteiger partial charge on any atom is 0.335 e. The summed E-state index contributed by atoms with van der Waals surface area (Å²) in [6, 6.07) is 0. The lowest BCUT2D eigenvalue weighted by Crippen LogP contribution is -2.33. The van der Waals surface area contributed by atoms with Gasteiger partial charge < -0.3 is 5.32 Å². The lowest BCUT2D eigenvalue weighted by atomic mass is 10.4. The van der Waals surface area contributed by atoms with E-state index < -0.39 is 10.3 Å². The molecule has 0 aromatic heterocycles. The van der Waals surface area contributed by atoms with Gasteiger partial charge in [0.2, 0.25) is 0 Å². The van der Waals surface area contributed by atoms with Crippen LogP contribution in [0.1, 0.15) is 6.42 Å². The van der Waals surface area contributed by atoms with Gasteiger partial charge in [-0.1, -0.05) is 0 Å². The van der Waals surface area contributed by atoms with Crippen LogP contribution in [0.3, 0.4) is 0 Å². The summed E-state index contributed by atoms with van der Waals surface area (Å²) in [5.41, 5.74) is 0. The molecule has 0 amide bonds. The van der Waals surface area contributed by atoms with E-state index in [-0.39, 0.29) is 0 Å². The van der Waals surface area contributed by atoms with Crippen molar-refractivity contribution in [3.8, 4) is 0 Å². The highest BCUT2D eigenvalue weighted by Gasteiger charge is 2.19. The molecule has 1 heterocycles. The second-order valence-electron chi connectivity index (χ2n) is 2.48. The van der Waals surface area contributed by atoms with Crippen LogP contribution in [0.5, 0.6) is 0 Å². The van der Waals surface area contributed by atoms with Crippen molar-refractivity contribution in [3.63, 3.8) is 0 Å². The number of nitrogens with zero attached hydrogens (tertiary/aromatic N) is 1. The minimum absolute atomic E-state index is 0.360. The van der Waals surface area contributed by atoms with Gasteiger partial charge in [0.25, 0.3) is 0 Å². The zero-order valence-corrected chi connectivity index (χ0v) is 6.97. The second kappa shape index (κ2) is 3.48. The van der Waals surface area contributed by atoms with Crippen LogP contribution in [-0.2, 0) is 10.3 Å². The zero-order chi connectivity index (χ0) is 8.32. The van der Waals surface area contributed by atoms with Crippen molar-refractivity contribution in [1.29, 1.82) is 0 Å². The number of hydrogen-bond acceptors (Lipinski definition) is 3. The van der Waals surface area contributed by atoms with E-state index in [0.717, 1.165) is 17.3 Å². The third-order valence-corrected chi connectivity index (χ3v) is 2.64. The summed E-state index contributed by atoms with van der Waals surface area (Å²) < 4.78 is 30.9. The Bertz CT molecular complexity index is 206. The van der Waals surface area contributed by atoms with Crippen molar-refractivity contribution >= 4 is 10.3 Å². The van der Waals surface area contributed by atoms with Gasteiger partial charge in [0, 0.05) is 19.6 Å². The summed E-state index contributed by atoms with van der Waals surface area (Å²) in [5.74, 6) is 0. The third-order valence-electron chi connectivity index (χ3n) is 1.63.